The normalized spacial score (nSPS) is 16.5. The van der Waals surface area contributed by atoms with E-state index in [1.807, 2.05) is 0 Å². The van der Waals surface area contributed by atoms with Crippen molar-refractivity contribution < 1.29 is 17.7 Å². The Kier molecular flexibility index (Phi) is 4.73. The third kappa shape index (κ3) is 3.83. The molecular formula is C10H14ClNO4S. The van der Waals surface area contributed by atoms with Crippen LogP contribution in [-0.2, 0) is 10.1 Å². The summed E-state index contributed by atoms with van der Waals surface area (Å²) in [6.07, 6.45) is 5.63. The number of hydrogen-bond donors (Lipinski definition) is 1. The van der Waals surface area contributed by atoms with Crippen molar-refractivity contribution >= 4 is 22.5 Å². The molecule has 0 aromatic carbocycles. The molecule has 0 aliphatic heterocycles. The van der Waals surface area contributed by atoms with Gasteiger partial charge in [0.25, 0.3) is 10.1 Å². The van der Waals surface area contributed by atoms with Gasteiger partial charge in [0, 0.05) is 6.07 Å². The predicted molar refractivity (Wildman–Crippen MR) is 64.2 cm³/mol. The van der Waals surface area contributed by atoms with Gasteiger partial charge in [-0.25, -0.2) is 4.98 Å². The molecule has 1 aliphatic rings. The van der Waals surface area contributed by atoms with Crippen LogP contribution in [0.3, 0.4) is 0 Å². The summed E-state index contributed by atoms with van der Waals surface area (Å²) in [5, 5.41) is 0. The van der Waals surface area contributed by atoms with Crippen LogP contribution in [0.4, 0.5) is 0 Å². The van der Waals surface area contributed by atoms with Crippen LogP contribution in [0, 0.1) is 0 Å². The molecule has 0 bridgehead atoms. The first-order valence-corrected chi connectivity index (χ1v) is 6.60. The van der Waals surface area contributed by atoms with Crippen LogP contribution in [0.15, 0.2) is 23.2 Å². The predicted octanol–water partition coefficient (Wildman–Crippen LogP) is 2.07. The molecule has 2 rings (SSSR count). The Morgan fingerprint density at radius 3 is 2.41 bits per heavy atom. The highest BCUT2D eigenvalue weighted by Crippen LogP contribution is 2.23. The van der Waals surface area contributed by atoms with E-state index in [0.29, 0.717) is 5.88 Å². The second-order valence-corrected chi connectivity index (χ2v) is 5.25. The molecule has 96 valence electrons. The third-order valence-corrected chi connectivity index (χ3v) is 3.43. The molecule has 0 unspecified atom stereocenters. The van der Waals surface area contributed by atoms with Crippen molar-refractivity contribution in [3.63, 3.8) is 0 Å². The van der Waals surface area contributed by atoms with Crippen LogP contribution in [0.5, 0.6) is 5.88 Å². The van der Waals surface area contributed by atoms with Gasteiger partial charge in [0.05, 0.1) is 6.20 Å². The average molecular weight is 280 g/mol. The van der Waals surface area contributed by atoms with Gasteiger partial charge in [0.2, 0.25) is 5.88 Å². The Bertz CT molecular complexity index is 454. The van der Waals surface area contributed by atoms with Gasteiger partial charge in [-0.2, -0.15) is 8.42 Å². The fourth-order valence-corrected chi connectivity index (χ4v) is 2.19. The van der Waals surface area contributed by atoms with Gasteiger partial charge in [-0.15, -0.1) is 12.4 Å². The topological polar surface area (TPSA) is 76.5 Å². The fourth-order valence-electron chi connectivity index (χ4n) is 1.77. The Morgan fingerprint density at radius 2 is 1.94 bits per heavy atom. The lowest BCUT2D eigenvalue weighted by atomic mass is 10.3. The molecule has 0 amide bonds. The van der Waals surface area contributed by atoms with E-state index >= 15 is 0 Å². The Morgan fingerprint density at radius 1 is 1.29 bits per heavy atom. The Balaban J connectivity index is 0.00000144. The molecule has 0 radical (unpaired) electrons. The number of nitrogens with zero attached hydrogens (tertiary/aromatic N) is 1. The van der Waals surface area contributed by atoms with Crippen molar-refractivity contribution in [2.24, 2.45) is 0 Å². The van der Waals surface area contributed by atoms with Gasteiger partial charge in [-0.3, -0.25) is 4.55 Å². The van der Waals surface area contributed by atoms with Gasteiger partial charge >= 0.3 is 0 Å². The average Bonchev–Trinajstić information content (AvgIpc) is 2.70. The highest BCUT2D eigenvalue weighted by molar-refractivity contribution is 7.85. The Labute approximate surface area is 106 Å². The van der Waals surface area contributed by atoms with Crippen molar-refractivity contribution in [2.75, 3.05) is 0 Å². The minimum absolute atomic E-state index is 0. The second kappa shape index (κ2) is 5.66. The molecule has 1 N–H and O–H groups in total. The summed E-state index contributed by atoms with van der Waals surface area (Å²) in [6, 6.07) is 2.74. The van der Waals surface area contributed by atoms with E-state index in [2.05, 4.69) is 4.98 Å². The van der Waals surface area contributed by atoms with E-state index in [1.54, 1.807) is 0 Å². The van der Waals surface area contributed by atoms with Crippen LogP contribution in [0.1, 0.15) is 25.7 Å². The van der Waals surface area contributed by atoms with Gasteiger partial charge in [0.15, 0.2) is 0 Å². The summed E-state index contributed by atoms with van der Waals surface area (Å²) in [7, 11) is -4.16. The van der Waals surface area contributed by atoms with Crippen LogP contribution < -0.4 is 4.74 Å². The lowest BCUT2D eigenvalue weighted by molar-refractivity contribution is 0.201. The van der Waals surface area contributed by atoms with Crippen molar-refractivity contribution in [1.29, 1.82) is 0 Å². The molecule has 1 aromatic heterocycles. The first-order chi connectivity index (χ1) is 7.55. The maximum absolute atomic E-state index is 10.8. The van der Waals surface area contributed by atoms with Crippen molar-refractivity contribution in [1.82, 2.24) is 4.98 Å². The lowest BCUT2D eigenvalue weighted by Gasteiger charge is -2.11. The standard InChI is InChI=1S/C10H13NO4S.ClH/c12-16(13,14)9-5-6-10(11-7-9)15-8-3-1-2-4-8;/h5-8H,1-4H2,(H,12,13,14);1H. The summed E-state index contributed by atoms with van der Waals surface area (Å²) < 4.78 is 35.8. The van der Waals surface area contributed by atoms with E-state index in [-0.39, 0.29) is 23.4 Å². The van der Waals surface area contributed by atoms with Crippen molar-refractivity contribution in [2.45, 2.75) is 36.7 Å². The number of pyridine rings is 1. The zero-order valence-corrected chi connectivity index (χ0v) is 10.7. The van der Waals surface area contributed by atoms with Gasteiger partial charge in [-0.05, 0) is 31.7 Å². The molecule has 1 fully saturated rings. The summed E-state index contributed by atoms with van der Waals surface area (Å²) >= 11 is 0. The molecule has 0 saturated heterocycles. The molecule has 17 heavy (non-hydrogen) atoms. The summed E-state index contributed by atoms with van der Waals surface area (Å²) in [5.41, 5.74) is 0. The molecule has 1 heterocycles. The zero-order chi connectivity index (χ0) is 11.6. The quantitative estimate of drug-likeness (QED) is 0.857. The van der Waals surface area contributed by atoms with Gasteiger partial charge < -0.3 is 4.74 Å². The fraction of sp³-hybridized carbons (Fsp3) is 0.500. The van der Waals surface area contributed by atoms with E-state index in [4.69, 9.17) is 9.29 Å². The highest BCUT2D eigenvalue weighted by atomic mass is 35.5. The van der Waals surface area contributed by atoms with Crippen LogP contribution in [0.2, 0.25) is 0 Å². The molecular weight excluding hydrogens is 266 g/mol. The van der Waals surface area contributed by atoms with E-state index < -0.39 is 10.1 Å². The first kappa shape index (κ1) is 14.2. The van der Waals surface area contributed by atoms with E-state index in [9.17, 15) is 8.42 Å². The van der Waals surface area contributed by atoms with Crippen molar-refractivity contribution in [3.8, 4) is 5.88 Å². The maximum atomic E-state index is 10.8. The monoisotopic (exact) mass is 279 g/mol. The number of halogens is 1. The van der Waals surface area contributed by atoms with Crippen LogP contribution >= 0.6 is 12.4 Å². The lowest BCUT2D eigenvalue weighted by Crippen LogP contribution is -2.12. The minimum atomic E-state index is -4.16. The summed E-state index contributed by atoms with van der Waals surface area (Å²) in [6.45, 7) is 0. The smallest absolute Gasteiger partial charge is 0.296 e. The van der Waals surface area contributed by atoms with Gasteiger partial charge in [0.1, 0.15) is 11.0 Å². The summed E-state index contributed by atoms with van der Waals surface area (Å²) in [4.78, 5) is 3.63. The Hall–Kier alpha value is -0.850. The van der Waals surface area contributed by atoms with E-state index in [0.717, 1.165) is 31.9 Å². The number of hydrogen-bond acceptors (Lipinski definition) is 4. The minimum Gasteiger partial charge on any atom is -0.474 e. The largest absolute Gasteiger partial charge is 0.474 e. The summed E-state index contributed by atoms with van der Waals surface area (Å²) in [5.74, 6) is 0.402. The molecule has 1 aliphatic carbocycles. The molecule has 0 spiro atoms. The molecule has 1 aromatic rings. The second-order valence-electron chi connectivity index (χ2n) is 3.83. The van der Waals surface area contributed by atoms with Crippen molar-refractivity contribution in [3.05, 3.63) is 18.3 Å². The molecule has 1 saturated carbocycles. The first-order valence-electron chi connectivity index (χ1n) is 5.16. The van der Waals surface area contributed by atoms with E-state index in [1.165, 1.54) is 12.1 Å². The maximum Gasteiger partial charge on any atom is 0.296 e. The zero-order valence-electron chi connectivity index (χ0n) is 9.07. The number of ether oxygens (including phenoxy) is 1. The molecule has 0 atom stereocenters. The van der Waals surface area contributed by atoms with Crippen LogP contribution in [-0.4, -0.2) is 24.1 Å². The van der Waals surface area contributed by atoms with Crippen LogP contribution in [0.25, 0.3) is 0 Å². The number of aromatic nitrogens is 1. The highest BCUT2D eigenvalue weighted by Gasteiger charge is 2.17. The SMILES string of the molecule is Cl.O=S(=O)(O)c1ccc(OC2CCCC2)nc1. The number of rotatable bonds is 3. The van der Waals surface area contributed by atoms with Gasteiger partial charge in [-0.1, -0.05) is 0 Å². The molecule has 7 heteroatoms. The molecule has 5 nitrogen and oxygen atoms in total. The third-order valence-electron chi connectivity index (χ3n) is 2.60.